The molecule has 1 amide bonds. The van der Waals surface area contributed by atoms with E-state index in [-0.39, 0.29) is 16.3 Å². The molecule has 0 unspecified atom stereocenters. The summed E-state index contributed by atoms with van der Waals surface area (Å²) < 4.78 is 0. The highest BCUT2D eigenvalue weighted by Gasteiger charge is 2.16. The lowest BCUT2D eigenvalue weighted by Gasteiger charge is -2.06. The molecule has 4 rings (SSSR count). The number of fused-ring (bicyclic) bond motifs is 1. The second kappa shape index (κ2) is 7.57. The molecule has 0 bridgehead atoms. The largest absolute Gasteiger partial charge is 0.322 e. The number of anilines is 1. The minimum Gasteiger partial charge on any atom is -0.322 e. The van der Waals surface area contributed by atoms with Crippen LogP contribution in [0.1, 0.15) is 21.5 Å². The second-order valence-electron chi connectivity index (χ2n) is 6.84. The number of hydrogen-bond donors (Lipinski definition) is 1. The number of rotatable bonds is 4. The van der Waals surface area contributed by atoms with Gasteiger partial charge in [0.25, 0.3) is 11.6 Å². The molecule has 0 atom stereocenters. The number of aryl methyl sites for hydroxylation is 2. The van der Waals surface area contributed by atoms with E-state index in [2.05, 4.69) is 15.5 Å². The third-order valence-electron chi connectivity index (χ3n) is 4.77. The summed E-state index contributed by atoms with van der Waals surface area (Å²) in [5.74, 6) is -0.551. The summed E-state index contributed by atoms with van der Waals surface area (Å²) in [6.45, 7) is 4.06. The van der Waals surface area contributed by atoms with Crippen LogP contribution in [0.15, 0.2) is 54.6 Å². The Morgan fingerprint density at radius 3 is 2.50 bits per heavy atom. The van der Waals surface area contributed by atoms with Gasteiger partial charge in [0.15, 0.2) is 0 Å². The van der Waals surface area contributed by atoms with Crippen LogP contribution in [-0.4, -0.2) is 25.8 Å². The predicted octanol–water partition coefficient (Wildman–Crippen LogP) is 4.85. The summed E-state index contributed by atoms with van der Waals surface area (Å²) in [4.78, 5) is 24.5. The van der Waals surface area contributed by atoms with E-state index >= 15 is 0 Å². The third-order valence-corrected chi connectivity index (χ3v) is 5.09. The number of nitro groups is 1. The smallest absolute Gasteiger partial charge is 0.270 e. The zero-order valence-corrected chi connectivity index (χ0v) is 16.8. The molecule has 8 nitrogen and oxygen atoms in total. The third kappa shape index (κ3) is 3.72. The van der Waals surface area contributed by atoms with Crippen molar-refractivity contribution >= 4 is 39.9 Å². The number of aromatic nitrogens is 3. The number of hydrogen-bond acceptors (Lipinski definition) is 5. The number of nitrogens with one attached hydrogen (secondary N) is 1. The van der Waals surface area contributed by atoms with Crippen molar-refractivity contribution < 1.29 is 9.72 Å². The number of non-ortho nitro benzene ring substituents is 1. The van der Waals surface area contributed by atoms with Gasteiger partial charge in [-0.25, -0.2) is 0 Å². The normalized spacial score (nSPS) is 10.9. The lowest BCUT2D eigenvalue weighted by atomic mass is 10.1. The van der Waals surface area contributed by atoms with Gasteiger partial charge in [-0.3, -0.25) is 14.9 Å². The Morgan fingerprint density at radius 2 is 1.77 bits per heavy atom. The molecule has 9 heteroatoms. The van der Waals surface area contributed by atoms with E-state index in [0.717, 1.165) is 17.3 Å². The van der Waals surface area contributed by atoms with Gasteiger partial charge < -0.3 is 5.32 Å². The van der Waals surface area contributed by atoms with Crippen molar-refractivity contribution in [3.8, 4) is 5.69 Å². The van der Waals surface area contributed by atoms with E-state index in [0.29, 0.717) is 16.7 Å². The summed E-state index contributed by atoms with van der Waals surface area (Å²) in [5.41, 5.74) is 4.69. The number of amides is 1. The maximum atomic E-state index is 12.6. The minimum absolute atomic E-state index is 0.0183. The molecule has 0 saturated carbocycles. The molecule has 3 aromatic carbocycles. The summed E-state index contributed by atoms with van der Waals surface area (Å²) in [6.07, 6.45) is 0. The van der Waals surface area contributed by atoms with Crippen molar-refractivity contribution in [2.75, 3.05) is 5.32 Å². The quantitative estimate of drug-likeness (QED) is 0.374. The van der Waals surface area contributed by atoms with Gasteiger partial charge in [0, 0.05) is 17.8 Å². The number of carbonyl (C=O) groups excluding carboxylic acids is 1. The standard InChI is InChI=1S/C21H16ClN5O3/c1-12-3-5-15(9-13(12)2)26-24-19-8-4-14(10-20(19)25-26)23-21(28)17-11-16(27(29)30)6-7-18(17)22/h3-11H,1-2H3,(H,23,28). The van der Waals surface area contributed by atoms with E-state index in [1.165, 1.54) is 17.7 Å². The van der Waals surface area contributed by atoms with Crippen LogP contribution >= 0.6 is 11.6 Å². The van der Waals surface area contributed by atoms with Crippen molar-refractivity contribution in [2.24, 2.45) is 0 Å². The number of halogens is 1. The molecule has 0 aliphatic rings. The summed E-state index contributed by atoms with van der Waals surface area (Å²) in [5, 5.41) is 22.8. The second-order valence-corrected chi connectivity index (χ2v) is 7.24. The van der Waals surface area contributed by atoms with E-state index in [9.17, 15) is 14.9 Å². The molecule has 0 spiro atoms. The first kappa shape index (κ1) is 19.5. The molecule has 0 fully saturated rings. The molecule has 0 aliphatic carbocycles. The molecule has 0 radical (unpaired) electrons. The average molecular weight is 422 g/mol. The lowest BCUT2D eigenvalue weighted by Crippen LogP contribution is -2.12. The molecule has 150 valence electrons. The molecular weight excluding hydrogens is 406 g/mol. The van der Waals surface area contributed by atoms with Gasteiger partial charge in [-0.2, -0.15) is 4.80 Å². The van der Waals surface area contributed by atoms with Crippen molar-refractivity contribution in [2.45, 2.75) is 13.8 Å². The van der Waals surface area contributed by atoms with Crippen LogP contribution in [0.25, 0.3) is 16.7 Å². The summed E-state index contributed by atoms with van der Waals surface area (Å²) in [6, 6.07) is 14.8. The van der Waals surface area contributed by atoms with Crippen molar-refractivity contribution in [1.29, 1.82) is 0 Å². The van der Waals surface area contributed by atoms with Gasteiger partial charge in [-0.05, 0) is 61.4 Å². The Labute approximate surface area is 176 Å². The number of nitrogens with zero attached hydrogens (tertiary/aromatic N) is 4. The maximum Gasteiger partial charge on any atom is 0.270 e. The van der Waals surface area contributed by atoms with Gasteiger partial charge >= 0.3 is 0 Å². The fourth-order valence-corrected chi connectivity index (χ4v) is 3.16. The highest BCUT2D eigenvalue weighted by Crippen LogP contribution is 2.24. The fourth-order valence-electron chi connectivity index (χ4n) is 2.96. The van der Waals surface area contributed by atoms with Crippen LogP contribution in [0, 0.1) is 24.0 Å². The van der Waals surface area contributed by atoms with Crippen LogP contribution in [-0.2, 0) is 0 Å². The minimum atomic E-state index is -0.579. The molecule has 1 N–H and O–H groups in total. The zero-order valence-electron chi connectivity index (χ0n) is 16.1. The van der Waals surface area contributed by atoms with Crippen molar-refractivity contribution in [3.05, 3.63) is 86.4 Å². The molecule has 0 saturated heterocycles. The molecule has 1 aromatic heterocycles. The number of carbonyl (C=O) groups is 1. The summed E-state index contributed by atoms with van der Waals surface area (Å²) >= 11 is 6.04. The molecule has 30 heavy (non-hydrogen) atoms. The molecular formula is C21H16ClN5O3. The Kier molecular flexibility index (Phi) is 4.93. The molecule has 1 heterocycles. The van der Waals surface area contributed by atoms with E-state index in [1.807, 2.05) is 32.0 Å². The zero-order chi connectivity index (χ0) is 21.4. The molecule has 0 aliphatic heterocycles. The monoisotopic (exact) mass is 421 g/mol. The lowest BCUT2D eigenvalue weighted by molar-refractivity contribution is -0.384. The van der Waals surface area contributed by atoms with Gasteiger partial charge in [-0.15, -0.1) is 10.2 Å². The number of nitro benzene ring substituents is 1. The van der Waals surface area contributed by atoms with E-state index in [1.54, 1.807) is 23.0 Å². The first-order valence-corrected chi connectivity index (χ1v) is 9.39. The van der Waals surface area contributed by atoms with Crippen molar-refractivity contribution in [3.63, 3.8) is 0 Å². The maximum absolute atomic E-state index is 12.6. The molecule has 4 aromatic rings. The van der Waals surface area contributed by atoms with Crippen molar-refractivity contribution in [1.82, 2.24) is 15.0 Å². The van der Waals surface area contributed by atoms with Gasteiger partial charge in [0.05, 0.1) is 21.2 Å². The van der Waals surface area contributed by atoms with Gasteiger partial charge in [0.2, 0.25) is 0 Å². The van der Waals surface area contributed by atoms with E-state index < -0.39 is 10.8 Å². The number of benzene rings is 3. The average Bonchev–Trinajstić information content (AvgIpc) is 3.13. The first-order valence-electron chi connectivity index (χ1n) is 9.02. The Morgan fingerprint density at radius 1 is 1.00 bits per heavy atom. The van der Waals surface area contributed by atoms with Gasteiger partial charge in [0.1, 0.15) is 11.0 Å². The van der Waals surface area contributed by atoms with Crippen LogP contribution in [0.5, 0.6) is 0 Å². The SMILES string of the molecule is Cc1ccc(-n2nc3ccc(NC(=O)c4cc([N+](=O)[O-])ccc4Cl)cc3n2)cc1C. The highest BCUT2D eigenvalue weighted by atomic mass is 35.5. The highest BCUT2D eigenvalue weighted by molar-refractivity contribution is 6.34. The van der Waals surface area contributed by atoms with E-state index in [4.69, 9.17) is 11.6 Å². The fraction of sp³-hybridized carbons (Fsp3) is 0.0952. The Balaban J connectivity index is 1.63. The van der Waals surface area contributed by atoms with Crippen LogP contribution in [0.4, 0.5) is 11.4 Å². The van der Waals surface area contributed by atoms with Gasteiger partial charge in [-0.1, -0.05) is 17.7 Å². The summed E-state index contributed by atoms with van der Waals surface area (Å²) in [7, 11) is 0. The first-order chi connectivity index (χ1) is 14.3. The Bertz CT molecular complexity index is 1320. The predicted molar refractivity (Wildman–Crippen MR) is 114 cm³/mol. The van der Waals surface area contributed by atoms with Crippen LogP contribution < -0.4 is 5.32 Å². The Hall–Kier alpha value is -3.78. The topological polar surface area (TPSA) is 103 Å². The van der Waals surface area contributed by atoms with Crippen LogP contribution in [0.2, 0.25) is 5.02 Å². The van der Waals surface area contributed by atoms with Crippen LogP contribution in [0.3, 0.4) is 0 Å².